The lowest BCUT2D eigenvalue weighted by molar-refractivity contribution is 0.689. The van der Waals surface area contributed by atoms with Crippen molar-refractivity contribution in [1.82, 2.24) is 39.5 Å². The third-order valence-corrected chi connectivity index (χ3v) is 6.57. The number of hydrogen-bond donors (Lipinski definition) is 2. The van der Waals surface area contributed by atoms with Crippen molar-refractivity contribution in [3.63, 3.8) is 0 Å². The van der Waals surface area contributed by atoms with Crippen LogP contribution in [0.4, 0.5) is 16.8 Å². The minimum absolute atomic E-state index is 0.550. The molecule has 6 heterocycles. The highest BCUT2D eigenvalue weighted by Crippen LogP contribution is 2.16. The van der Waals surface area contributed by atoms with Crippen LogP contribution in [0.1, 0.15) is 11.1 Å². The van der Waals surface area contributed by atoms with E-state index in [0.29, 0.717) is 5.82 Å². The van der Waals surface area contributed by atoms with Gasteiger partial charge in [0.1, 0.15) is 5.82 Å². The largest absolute Gasteiger partial charge is 0.382 e. The van der Waals surface area contributed by atoms with E-state index in [-0.39, 0.29) is 0 Å². The molecular weight excluding hydrogens is 572 g/mol. The van der Waals surface area contributed by atoms with Crippen molar-refractivity contribution in [2.24, 2.45) is 0 Å². The van der Waals surface area contributed by atoms with Crippen LogP contribution >= 0.6 is 38.6 Å². The average Bonchev–Trinajstić information content (AvgIpc) is 3.73. The summed E-state index contributed by atoms with van der Waals surface area (Å²) in [4.78, 5) is 15.9. The van der Waals surface area contributed by atoms with E-state index in [1.54, 1.807) is 70.6 Å². The lowest BCUT2D eigenvalue weighted by atomic mass is 10.3. The summed E-state index contributed by atoms with van der Waals surface area (Å²) < 4.78 is 4.62. The molecule has 0 aliphatic carbocycles. The topological polar surface area (TPSA) is 125 Å². The first kappa shape index (κ1) is 26.1. The van der Waals surface area contributed by atoms with E-state index in [9.17, 15) is 0 Å². The summed E-state index contributed by atoms with van der Waals surface area (Å²) in [7, 11) is 0. The van der Waals surface area contributed by atoms with Crippen LogP contribution in [-0.4, -0.2) is 39.5 Å². The monoisotopic (exact) mass is 594 g/mol. The molecule has 0 aromatic carbocycles. The second-order valence-corrected chi connectivity index (χ2v) is 10.4. The van der Waals surface area contributed by atoms with E-state index in [4.69, 9.17) is 5.73 Å². The highest BCUT2D eigenvalue weighted by atomic mass is 79.9. The maximum atomic E-state index is 5.49. The van der Waals surface area contributed by atoms with Crippen LogP contribution in [0.3, 0.4) is 0 Å². The lowest BCUT2D eigenvalue weighted by Gasteiger charge is -2.01. The highest BCUT2D eigenvalue weighted by molar-refractivity contribution is 9.11. The molecular formula is C24H23BrN10S2. The van der Waals surface area contributed by atoms with Crippen molar-refractivity contribution in [2.75, 3.05) is 11.1 Å². The van der Waals surface area contributed by atoms with E-state index < -0.39 is 0 Å². The van der Waals surface area contributed by atoms with Gasteiger partial charge < -0.3 is 11.1 Å². The number of hydrogen-bond acceptors (Lipinski definition) is 10. The fraction of sp³-hybridized carbons (Fsp3) is 0.0833. The minimum Gasteiger partial charge on any atom is -0.382 e. The van der Waals surface area contributed by atoms with Crippen molar-refractivity contribution < 1.29 is 0 Å². The third-order valence-electron chi connectivity index (χ3n) is 4.56. The van der Waals surface area contributed by atoms with E-state index in [0.717, 1.165) is 33.5 Å². The summed E-state index contributed by atoms with van der Waals surface area (Å²) in [6, 6.07) is 11.6. The van der Waals surface area contributed by atoms with Gasteiger partial charge in [-0.15, -0.1) is 22.7 Å². The van der Waals surface area contributed by atoms with Gasteiger partial charge in [0, 0.05) is 66.4 Å². The first-order valence-corrected chi connectivity index (χ1v) is 13.5. The number of nitrogens with two attached hydrogens (primary N) is 1. The number of nitrogens with zero attached hydrogens (tertiary/aromatic N) is 8. The molecule has 0 spiro atoms. The molecule has 0 saturated heterocycles. The van der Waals surface area contributed by atoms with Gasteiger partial charge in [0.25, 0.3) is 0 Å². The summed E-state index contributed by atoms with van der Waals surface area (Å²) in [6.45, 7) is 1.47. The molecule has 6 aromatic heterocycles. The molecule has 13 heteroatoms. The van der Waals surface area contributed by atoms with Crippen LogP contribution in [0.5, 0.6) is 0 Å². The summed E-state index contributed by atoms with van der Waals surface area (Å²) in [5, 5.41) is 16.4. The van der Waals surface area contributed by atoms with Gasteiger partial charge in [-0.05, 0) is 57.4 Å². The minimum atomic E-state index is 0.550. The molecule has 0 aliphatic heterocycles. The number of nitrogens with one attached hydrogen (secondary N) is 1. The normalized spacial score (nSPS) is 10.1. The van der Waals surface area contributed by atoms with Crippen molar-refractivity contribution >= 4 is 55.4 Å². The molecule has 6 aromatic rings. The molecule has 0 aliphatic rings. The zero-order valence-corrected chi connectivity index (χ0v) is 22.7. The standard InChI is InChI=1S/C12H11N5S.C9H10N4.C3H2BrNS/c1-4-13-5-2-10(1)9-17-7-3-11(16-17)15-12-14-6-8-18-12;10-9-3-6-13(12-9)7-8-1-4-11-5-2-8;4-3-5-1-2-6-3/h1-8H,9H2,(H,14,15,16);1-6H,7H2,(H2,10,12);1-2H. The average molecular weight is 596 g/mol. The van der Waals surface area contributed by atoms with Gasteiger partial charge in [-0.1, -0.05) is 0 Å². The first-order chi connectivity index (χ1) is 18.1. The van der Waals surface area contributed by atoms with Crippen LogP contribution in [0.25, 0.3) is 0 Å². The Balaban J connectivity index is 0.000000146. The highest BCUT2D eigenvalue weighted by Gasteiger charge is 2.02. The Bertz CT molecular complexity index is 1420. The van der Waals surface area contributed by atoms with Gasteiger partial charge in [0.2, 0.25) is 0 Å². The second kappa shape index (κ2) is 14.0. The Kier molecular flexibility index (Phi) is 9.86. The predicted octanol–water partition coefficient (Wildman–Crippen LogP) is 5.34. The van der Waals surface area contributed by atoms with Crippen LogP contribution in [0.15, 0.2) is 101 Å². The van der Waals surface area contributed by atoms with Gasteiger partial charge in [0.05, 0.1) is 13.1 Å². The quantitative estimate of drug-likeness (QED) is 0.264. The van der Waals surface area contributed by atoms with E-state index in [1.807, 2.05) is 58.2 Å². The molecule has 188 valence electrons. The molecule has 0 amide bonds. The van der Waals surface area contributed by atoms with Crippen molar-refractivity contribution in [2.45, 2.75) is 13.1 Å². The molecule has 0 unspecified atom stereocenters. The fourth-order valence-electron chi connectivity index (χ4n) is 2.93. The Morgan fingerprint density at radius 1 is 0.730 bits per heavy atom. The number of rotatable bonds is 6. The number of thiazole rings is 2. The molecule has 3 N–H and O–H groups in total. The van der Waals surface area contributed by atoms with E-state index in [2.05, 4.69) is 51.4 Å². The lowest BCUT2D eigenvalue weighted by Crippen LogP contribution is -2.01. The Morgan fingerprint density at radius 3 is 1.81 bits per heavy atom. The van der Waals surface area contributed by atoms with Crippen molar-refractivity contribution in [3.8, 4) is 0 Å². The van der Waals surface area contributed by atoms with Gasteiger partial charge >= 0.3 is 0 Å². The summed E-state index contributed by atoms with van der Waals surface area (Å²) in [5.41, 5.74) is 7.83. The van der Waals surface area contributed by atoms with Crippen molar-refractivity contribution in [3.05, 3.63) is 112 Å². The van der Waals surface area contributed by atoms with Gasteiger partial charge in [-0.2, -0.15) is 10.2 Å². The smallest absolute Gasteiger partial charge is 0.188 e. The zero-order valence-electron chi connectivity index (χ0n) is 19.5. The summed E-state index contributed by atoms with van der Waals surface area (Å²) in [6.07, 6.45) is 14.4. The Hall–Kier alpha value is -3.94. The predicted molar refractivity (Wildman–Crippen MR) is 151 cm³/mol. The third kappa shape index (κ3) is 9.22. The number of nitrogen functional groups attached to an aromatic ring is 1. The fourth-order valence-corrected chi connectivity index (χ4v) is 4.27. The number of aromatic nitrogens is 8. The molecule has 0 bridgehead atoms. The maximum Gasteiger partial charge on any atom is 0.188 e. The van der Waals surface area contributed by atoms with Crippen LogP contribution in [0, 0.1) is 0 Å². The first-order valence-electron chi connectivity index (χ1n) is 11.0. The van der Waals surface area contributed by atoms with Gasteiger partial charge in [-0.3, -0.25) is 19.3 Å². The van der Waals surface area contributed by atoms with Gasteiger partial charge in [0.15, 0.2) is 14.9 Å². The summed E-state index contributed by atoms with van der Waals surface area (Å²) in [5.74, 6) is 1.35. The van der Waals surface area contributed by atoms with Crippen LogP contribution in [0.2, 0.25) is 0 Å². The Labute approximate surface area is 230 Å². The SMILES string of the molecule is Brc1nccs1.Nc1ccn(Cc2ccncc2)n1.c1cc(Cn2ccc(Nc3nccs3)n2)ccn1. The molecule has 37 heavy (non-hydrogen) atoms. The second-order valence-electron chi connectivity index (χ2n) is 7.29. The number of halogens is 1. The van der Waals surface area contributed by atoms with Crippen LogP contribution < -0.4 is 11.1 Å². The van der Waals surface area contributed by atoms with Gasteiger partial charge in [-0.25, -0.2) is 9.97 Å². The molecule has 6 rings (SSSR count). The molecule has 10 nitrogen and oxygen atoms in total. The number of pyridine rings is 2. The van der Waals surface area contributed by atoms with E-state index in [1.165, 1.54) is 5.56 Å². The molecule has 0 atom stereocenters. The Morgan fingerprint density at radius 2 is 1.32 bits per heavy atom. The van der Waals surface area contributed by atoms with Crippen molar-refractivity contribution in [1.29, 1.82) is 0 Å². The molecule has 0 fully saturated rings. The van der Waals surface area contributed by atoms with Crippen LogP contribution in [-0.2, 0) is 13.1 Å². The molecule has 0 radical (unpaired) electrons. The number of anilines is 3. The zero-order chi connectivity index (χ0) is 25.7. The van der Waals surface area contributed by atoms with E-state index >= 15 is 0 Å². The maximum absolute atomic E-state index is 5.49. The summed E-state index contributed by atoms with van der Waals surface area (Å²) >= 11 is 6.32. The molecule has 0 saturated carbocycles.